The molecular weight excluding hydrogens is 306 g/mol. The Bertz CT molecular complexity index is 800. The summed E-state index contributed by atoms with van der Waals surface area (Å²) in [5.74, 6) is 0.877. The van der Waals surface area contributed by atoms with E-state index in [2.05, 4.69) is 11.1 Å². The Morgan fingerprint density at radius 1 is 1.12 bits per heavy atom. The van der Waals surface area contributed by atoms with Gasteiger partial charge in [0.15, 0.2) is 0 Å². The molecule has 0 bridgehead atoms. The second-order valence-corrected chi connectivity index (χ2v) is 6.73. The number of pyridine rings is 1. The molecule has 1 aromatic heterocycles. The Morgan fingerprint density at radius 2 is 2.04 bits per heavy atom. The number of nitrogens with zero attached hydrogens (tertiary/aromatic N) is 1. The number of ether oxygens (including phenoxy) is 3. The minimum atomic E-state index is -0.582. The van der Waals surface area contributed by atoms with Crippen LogP contribution in [-0.2, 0) is 22.7 Å². The molecule has 3 aliphatic rings. The van der Waals surface area contributed by atoms with Crippen molar-refractivity contribution in [2.45, 2.75) is 37.8 Å². The van der Waals surface area contributed by atoms with Crippen LogP contribution in [0.15, 0.2) is 30.6 Å². The van der Waals surface area contributed by atoms with Gasteiger partial charge in [-0.1, -0.05) is 6.07 Å². The van der Waals surface area contributed by atoms with Gasteiger partial charge in [-0.05, 0) is 36.1 Å². The van der Waals surface area contributed by atoms with Crippen molar-refractivity contribution < 1.29 is 19.3 Å². The van der Waals surface area contributed by atoms with Crippen molar-refractivity contribution in [1.82, 2.24) is 4.98 Å². The largest absolute Gasteiger partial charge is 0.491 e. The summed E-state index contributed by atoms with van der Waals surface area (Å²) >= 11 is 0. The predicted octanol–water partition coefficient (Wildman–Crippen LogP) is 2.75. The van der Waals surface area contributed by atoms with E-state index in [1.165, 1.54) is 0 Å². The van der Waals surface area contributed by atoms with Crippen molar-refractivity contribution in [3.63, 3.8) is 0 Å². The van der Waals surface area contributed by atoms with E-state index in [0.29, 0.717) is 26.4 Å². The molecule has 3 heterocycles. The third-order valence-corrected chi connectivity index (χ3v) is 5.24. The average Bonchev–Trinajstić information content (AvgIpc) is 3.42. The highest BCUT2D eigenvalue weighted by atomic mass is 16.5. The fourth-order valence-corrected chi connectivity index (χ4v) is 3.66. The summed E-state index contributed by atoms with van der Waals surface area (Å²) in [5.41, 5.74) is 4.68. The minimum absolute atomic E-state index is 0.358. The van der Waals surface area contributed by atoms with E-state index in [1.807, 2.05) is 18.3 Å². The smallest absolute Gasteiger partial charge is 0.124 e. The van der Waals surface area contributed by atoms with Gasteiger partial charge in [-0.15, -0.1) is 0 Å². The first kappa shape index (κ1) is 14.4. The van der Waals surface area contributed by atoms with Crippen molar-refractivity contribution in [3.8, 4) is 16.9 Å². The second-order valence-electron chi connectivity index (χ2n) is 6.73. The fourth-order valence-electron chi connectivity index (χ4n) is 3.66. The molecule has 2 aromatic rings. The quantitative estimate of drug-likeness (QED) is 0.873. The Hall–Kier alpha value is -1.95. The first-order valence-corrected chi connectivity index (χ1v) is 8.39. The van der Waals surface area contributed by atoms with Gasteiger partial charge in [0.05, 0.1) is 25.4 Å². The molecule has 0 radical (unpaired) electrons. The van der Waals surface area contributed by atoms with E-state index < -0.39 is 6.10 Å². The number of benzene rings is 1. The maximum Gasteiger partial charge on any atom is 0.124 e. The van der Waals surface area contributed by atoms with Gasteiger partial charge in [0.1, 0.15) is 18.5 Å². The summed E-state index contributed by atoms with van der Waals surface area (Å²) < 4.78 is 17.3. The number of aromatic nitrogens is 1. The zero-order valence-electron chi connectivity index (χ0n) is 13.3. The molecule has 5 nitrogen and oxygen atoms in total. The zero-order chi connectivity index (χ0) is 16.1. The topological polar surface area (TPSA) is 60.8 Å². The van der Waals surface area contributed by atoms with E-state index in [0.717, 1.165) is 46.4 Å². The highest BCUT2D eigenvalue weighted by molar-refractivity contribution is 5.70. The number of fused-ring (bicyclic) bond motifs is 2. The molecule has 1 N–H and O–H groups in total. The lowest BCUT2D eigenvalue weighted by atomic mass is 9.90. The molecular formula is C19H19NO4. The normalized spacial score (nSPS) is 23.8. The van der Waals surface area contributed by atoms with E-state index in [4.69, 9.17) is 14.2 Å². The van der Waals surface area contributed by atoms with Crippen LogP contribution >= 0.6 is 0 Å². The van der Waals surface area contributed by atoms with Crippen molar-refractivity contribution in [1.29, 1.82) is 0 Å². The Balaban J connectivity index is 1.58. The lowest BCUT2D eigenvalue weighted by Crippen LogP contribution is -2.30. The van der Waals surface area contributed by atoms with Crippen molar-refractivity contribution in [2.75, 3.05) is 13.2 Å². The van der Waals surface area contributed by atoms with Crippen LogP contribution in [0.25, 0.3) is 11.1 Å². The van der Waals surface area contributed by atoms with Crippen LogP contribution in [0.2, 0.25) is 0 Å². The van der Waals surface area contributed by atoms with Gasteiger partial charge >= 0.3 is 0 Å². The third kappa shape index (κ3) is 2.16. The van der Waals surface area contributed by atoms with Crippen LogP contribution in [0, 0.1) is 0 Å². The van der Waals surface area contributed by atoms with Crippen molar-refractivity contribution in [3.05, 3.63) is 47.3 Å². The highest BCUT2D eigenvalue weighted by Gasteiger charge is 2.54. The van der Waals surface area contributed by atoms with Crippen LogP contribution in [-0.4, -0.2) is 28.9 Å². The van der Waals surface area contributed by atoms with Gasteiger partial charge in [-0.25, -0.2) is 0 Å². The van der Waals surface area contributed by atoms with Gasteiger partial charge in [0.25, 0.3) is 0 Å². The summed E-state index contributed by atoms with van der Waals surface area (Å²) in [5, 5.41) is 10.6. The number of aliphatic hydroxyl groups is 1. The first-order chi connectivity index (χ1) is 11.8. The van der Waals surface area contributed by atoms with E-state index in [-0.39, 0.29) is 5.60 Å². The Kier molecular flexibility index (Phi) is 3.16. The van der Waals surface area contributed by atoms with E-state index >= 15 is 0 Å². The predicted molar refractivity (Wildman–Crippen MR) is 86.5 cm³/mol. The molecule has 5 rings (SSSR count). The lowest BCUT2D eigenvalue weighted by molar-refractivity contribution is -0.0827. The standard InChI is InChI=1S/C19H19NO4/c21-18-15-9-20-8-14(16(15)11-24-19(18)3-4-19)12-1-2-17-13(7-12)10-22-5-6-23-17/h1-2,7-9,18,21H,3-6,10-11H2. The molecule has 24 heavy (non-hydrogen) atoms. The Morgan fingerprint density at radius 3 is 2.92 bits per heavy atom. The summed E-state index contributed by atoms with van der Waals surface area (Å²) in [6.07, 6.45) is 4.89. The minimum Gasteiger partial charge on any atom is -0.491 e. The molecule has 1 unspecified atom stereocenters. The van der Waals surface area contributed by atoms with Gasteiger partial charge in [-0.3, -0.25) is 4.98 Å². The van der Waals surface area contributed by atoms with Crippen LogP contribution in [0.4, 0.5) is 0 Å². The van der Waals surface area contributed by atoms with E-state index in [9.17, 15) is 5.11 Å². The molecule has 1 spiro atoms. The van der Waals surface area contributed by atoms with Crippen LogP contribution in [0.3, 0.4) is 0 Å². The molecule has 5 heteroatoms. The molecule has 1 atom stereocenters. The SMILES string of the molecule is OC1c2cncc(-c3ccc4c(c3)COCCO4)c2COC12CC2. The van der Waals surface area contributed by atoms with Gasteiger partial charge in [0, 0.05) is 29.1 Å². The maximum absolute atomic E-state index is 10.6. The molecule has 1 aromatic carbocycles. The van der Waals surface area contributed by atoms with Crippen molar-refractivity contribution in [2.24, 2.45) is 0 Å². The summed E-state index contributed by atoms with van der Waals surface area (Å²) in [6.45, 7) is 2.26. The van der Waals surface area contributed by atoms with Gasteiger partial charge < -0.3 is 19.3 Å². The molecule has 124 valence electrons. The zero-order valence-corrected chi connectivity index (χ0v) is 13.3. The maximum atomic E-state index is 10.6. The second kappa shape index (κ2) is 5.28. The molecule has 1 aliphatic carbocycles. The van der Waals surface area contributed by atoms with E-state index in [1.54, 1.807) is 6.20 Å². The first-order valence-electron chi connectivity index (χ1n) is 8.39. The summed E-state index contributed by atoms with van der Waals surface area (Å²) in [7, 11) is 0. The number of hydrogen-bond acceptors (Lipinski definition) is 5. The molecule has 1 fully saturated rings. The molecule has 2 aliphatic heterocycles. The van der Waals surface area contributed by atoms with Crippen LogP contribution < -0.4 is 4.74 Å². The fraction of sp³-hybridized carbons (Fsp3) is 0.421. The number of rotatable bonds is 1. The monoisotopic (exact) mass is 325 g/mol. The van der Waals surface area contributed by atoms with Crippen LogP contribution in [0.1, 0.15) is 35.6 Å². The third-order valence-electron chi connectivity index (χ3n) is 5.24. The number of hydrogen-bond donors (Lipinski definition) is 1. The van der Waals surface area contributed by atoms with Gasteiger partial charge in [0.2, 0.25) is 0 Å². The molecule has 0 amide bonds. The lowest BCUT2D eigenvalue weighted by Gasteiger charge is -2.31. The Labute approximate surface area is 140 Å². The number of aliphatic hydroxyl groups excluding tert-OH is 1. The summed E-state index contributed by atoms with van der Waals surface area (Å²) in [4.78, 5) is 4.37. The summed E-state index contributed by atoms with van der Waals surface area (Å²) in [6, 6.07) is 6.11. The molecule has 1 saturated carbocycles. The average molecular weight is 325 g/mol. The van der Waals surface area contributed by atoms with Gasteiger partial charge in [-0.2, -0.15) is 0 Å². The van der Waals surface area contributed by atoms with Crippen LogP contribution in [0.5, 0.6) is 5.75 Å². The highest BCUT2D eigenvalue weighted by Crippen LogP contribution is 2.53. The van der Waals surface area contributed by atoms with Crippen molar-refractivity contribution >= 4 is 0 Å². The molecule has 0 saturated heterocycles.